The quantitative estimate of drug-likeness (QED) is 0.648. The smallest absolute Gasteiger partial charge is 0.282 e. The first kappa shape index (κ1) is 19.0. The fraction of sp³-hybridized carbons (Fsp3) is 0.667. The first-order valence-corrected chi connectivity index (χ1v) is 9.92. The molecule has 144 valence electrons. The molecule has 0 bridgehead atoms. The number of morpholine rings is 1. The predicted molar refractivity (Wildman–Crippen MR) is 95.1 cm³/mol. The molecule has 0 spiro atoms. The summed E-state index contributed by atoms with van der Waals surface area (Å²) in [4.78, 5) is 15.3. The molecule has 1 aromatic heterocycles. The molecule has 10 nitrogen and oxygen atoms in total. The van der Waals surface area contributed by atoms with E-state index in [-0.39, 0.29) is 11.6 Å². The van der Waals surface area contributed by atoms with Crippen LogP contribution in [0.3, 0.4) is 0 Å². The van der Waals surface area contributed by atoms with Crippen molar-refractivity contribution in [2.45, 2.75) is 0 Å². The van der Waals surface area contributed by atoms with Crippen LogP contribution in [-0.2, 0) is 14.9 Å². The lowest BCUT2D eigenvalue weighted by Crippen LogP contribution is -2.55. The Morgan fingerprint density at radius 2 is 1.62 bits per heavy atom. The van der Waals surface area contributed by atoms with Crippen LogP contribution in [0.4, 0.5) is 5.82 Å². The van der Waals surface area contributed by atoms with Crippen molar-refractivity contribution in [3.63, 3.8) is 0 Å². The number of aromatic nitrogens is 2. The highest BCUT2D eigenvalue weighted by atomic mass is 32.2. The maximum absolute atomic E-state index is 12.7. The lowest BCUT2D eigenvalue weighted by Gasteiger charge is -2.37. The highest BCUT2D eigenvalue weighted by Crippen LogP contribution is 2.17. The summed E-state index contributed by atoms with van der Waals surface area (Å²) in [5, 5.41) is 8.10. The highest BCUT2D eigenvalue weighted by Gasteiger charge is 2.33. The van der Waals surface area contributed by atoms with E-state index < -0.39 is 10.2 Å². The normalized spacial score (nSPS) is 20.2. The zero-order valence-corrected chi connectivity index (χ0v) is 15.9. The van der Waals surface area contributed by atoms with Gasteiger partial charge in [-0.3, -0.25) is 4.79 Å². The number of anilines is 1. The Morgan fingerprint density at radius 1 is 1.00 bits per heavy atom. The molecule has 0 N–H and O–H groups in total. The van der Waals surface area contributed by atoms with Crippen LogP contribution in [0.5, 0.6) is 0 Å². The van der Waals surface area contributed by atoms with Gasteiger partial charge in [0.2, 0.25) is 0 Å². The van der Waals surface area contributed by atoms with Gasteiger partial charge < -0.3 is 14.5 Å². The molecule has 0 aromatic carbocycles. The Kier molecular flexibility index (Phi) is 5.70. The molecule has 0 saturated carbocycles. The van der Waals surface area contributed by atoms with E-state index in [2.05, 4.69) is 10.2 Å². The van der Waals surface area contributed by atoms with Crippen molar-refractivity contribution in [2.75, 3.05) is 71.5 Å². The lowest BCUT2D eigenvalue weighted by molar-refractivity contribution is 0.0700. The summed E-state index contributed by atoms with van der Waals surface area (Å²) in [6.07, 6.45) is 0. The topological polar surface area (TPSA) is 99.2 Å². The van der Waals surface area contributed by atoms with Crippen LogP contribution in [0.15, 0.2) is 12.1 Å². The molecule has 2 aliphatic heterocycles. The van der Waals surface area contributed by atoms with Crippen LogP contribution in [0.1, 0.15) is 10.5 Å². The average molecular weight is 384 g/mol. The van der Waals surface area contributed by atoms with Gasteiger partial charge >= 0.3 is 0 Å². The molecule has 0 unspecified atom stereocenters. The van der Waals surface area contributed by atoms with Crippen LogP contribution in [0.2, 0.25) is 0 Å². The molecule has 0 radical (unpaired) electrons. The molecular weight excluding hydrogens is 360 g/mol. The van der Waals surface area contributed by atoms with Crippen LogP contribution >= 0.6 is 0 Å². The third-order valence-electron chi connectivity index (χ3n) is 4.46. The van der Waals surface area contributed by atoms with Crippen molar-refractivity contribution >= 4 is 21.9 Å². The molecule has 0 atom stereocenters. The van der Waals surface area contributed by atoms with Gasteiger partial charge in [-0.2, -0.15) is 17.0 Å². The van der Waals surface area contributed by atoms with Gasteiger partial charge in [0.25, 0.3) is 16.1 Å². The molecule has 2 saturated heterocycles. The second-order valence-corrected chi connectivity index (χ2v) is 8.31. The van der Waals surface area contributed by atoms with E-state index in [0.717, 1.165) is 0 Å². The first-order valence-electron chi connectivity index (χ1n) is 8.53. The van der Waals surface area contributed by atoms with Gasteiger partial charge in [-0.05, 0) is 12.1 Å². The van der Waals surface area contributed by atoms with Crippen LogP contribution < -0.4 is 4.90 Å². The average Bonchev–Trinajstić information content (AvgIpc) is 2.68. The maximum atomic E-state index is 12.7. The summed E-state index contributed by atoms with van der Waals surface area (Å²) in [7, 11) is -0.127. The molecule has 26 heavy (non-hydrogen) atoms. The number of amides is 1. The summed E-state index contributed by atoms with van der Waals surface area (Å²) >= 11 is 0. The summed E-state index contributed by atoms with van der Waals surface area (Å²) in [6.45, 7) is 3.50. The minimum absolute atomic E-state index is 0.203. The number of rotatable bonds is 4. The minimum atomic E-state index is -3.44. The Bertz CT molecular complexity index is 725. The van der Waals surface area contributed by atoms with Gasteiger partial charge in [0, 0.05) is 53.4 Å². The number of carbonyl (C=O) groups excluding carboxylic acids is 1. The van der Waals surface area contributed by atoms with Gasteiger partial charge in [-0.1, -0.05) is 0 Å². The fourth-order valence-electron chi connectivity index (χ4n) is 2.93. The zero-order chi connectivity index (χ0) is 18.7. The number of ether oxygens (including phenoxy) is 1. The van der Waals surface area contributed by atoms with Crippen molar-refractivity contribution in [1.29, 1.82) is 0 Å². The van der Waals surface area contributed by atoms with E-state index in [0.29, 0.717) is 58.3 Å². The molecule has 2 fully saturated rings. The summed E-state index contributed by atoms with van der Waals surface area (Å²) in [5.41, 5.74) is 0.285. The van der Waals surface area contributed by atoms with Crippen molar-refractivity contribution in [1.82, 2.24) is 23.7 Å². The van der Waals surface area contributed by atoms with Crippen molar-refractivity contribution in [3.05, 3.63) is 17.8 Å². The van der Waals surface area contributed by atoms with Crippen LogP contribution in [0, 0.1) is 0 Å². The third kappa shape index (κ3) is 3.95. The SMILES string of the molecule is CN(C)C(=O)c1ccc(N2CCN(S(=O)(=O)N3CCOCC3)CC2)nn1. The molecule has 3 heterocycles. The number of hydrogen-bond donors (Lipinski definition) is 0. The van der Waals surface area contributed by atoms with Crippen LogP contribution in [-0.4, -0.2) is 105 Å². The molecular formula is C15H24N6O4S. The molecule has 11 heteroatoms. The zero-order valence-electron chi connectivity index (χ0n) is 15.0. The summed E-state index contributed by atoms with van der Waals surface area (Å²) in [5.74, 6) is 0.439. The molecule has 1 aromatic rings. The van der Waals surface area contributed by atoms with Gasteiger partial charge in [-0.25, -0.2) is 0 Å². The Balaban J connectivity index is 1.60. The molecule has 3 rings (SSSR count). The van der Waals surface area contributed by atoms with E-state index in [1.807, 2.05) is 4.90 Å². The minimum Gasteiger partial charge on any atom is -0.379 e. The Hall–Kier alpha value is -1.82. The van der Waals surface area contributed by atoms with E-state index in [4.69, 9.17) is 4.74 Å². The summed E-state index contributed by atoms with van der Waals surface area (Å²) in [6, 6.07) is 3.39. The van der Waals surface area contributed by atoms with E-state index in [9.17, 15) is 13.2 Å². The van der Waals surface area contributed by atoms with E-state index >= 15 is 0 Å². The van der Waals surface area contributed by atoms with Gasteiger partial charge in [0.05, 0.1) is 13.2 Å². The van der Waals surface area contributed by atoms with Gasteiger partial charge in [-0.15, -0.1) is 10.2 Å². The molecule has 0 aliphatic carbocycles. The second kappa shape index (κ2) is 7.82. The Morgan fingerprint density at radius 3 is 2.15 bits per heavy atom. The van der Waals surface area contributed by atoms with Gasteiger partial charge in [0.1, 0.15) is 0 Å². The van der Waals surface area contributed by atoms with Crippen molar-refractivity contribution in [2.24, 2.45) is 0 Å². The lowest BCUT2D eigenvalue weighted by atomic mass is 10.3. The number of nitrogens with zero attached hydrogens (tertiary/aromatic N) is 6. The number of piperazine rings is 1. The largest absolute Gasteiger partial charge is 0.379 e. The standard InChI is InChI=1S/C15H24N6O4S/c1-18(2)15(22)13-3-4-14(17-16-13)19-5-7-20(8-6-19)26(23,24)21-9-11-25-12-10-21/h3-4H,5-12H2,1-2H3. The monoisotopic (exact) mass is 384 g/mol. The number of hydrogen-bond acceptors (Lipinski definition) is 7. The second-order valence-electron chi connectivity index (χ2n) is 6.38. The number of carbonyl (C=O) groups is 1. The molecule has 2 aliphatic rings. The summed E-state index contributed by atoms with van der Waals surface area (Å²) < 4.78 is 33.6. The van der Waals surface area contributed by atoms with Crippen LogP contribution in [0.25, 0.3) is 0 Å². The fourth-order valence-corrected chi connectivity index (χ4v) is 4.49. The van der Waals surface area contributed by atoms with Crippen molar-refractivity contribution in [3.8, 4) is 0 Å². The molecule has 1 amide bonds. The van der Waals surface area contributed by atoms with Crippen molar-refractivity contribution < 1.29 is 17.9 Å². The third-order valence-corrected chi connectivity index (χ3v) is 6.50. The van der Waals surface area contributed by atoms with Gasteiger partial charge in [0.15, 0.2) is 11.5 Å². The highest BCUT2D eigenvalue weighted by molar-refractivity contribution is 7.86. The maximum Gasteiger partial charge on any atom is 0.282 e. The first-order chi connectivity index (χ1) is 12.4. The Labute approximate surface area is 153 Å². The van der Waals surface area contributed by atoms with E-state index in [1.54, 1.807) is 26.2 Å². The van der Waals surface area contributed by atoms with E-state index in [1.165, 1.54) is 13.5 Å². The predicted octanol–water partition coefficient (Wildman–Crippen LogP) is -1.12.